The smallest absolute Gasteiger partial charge is 0.323 e. The number of amides is 2. The van der Waals surface area contributed by atoms with Gasteiger partial charge < -0.3 is 9.42 Å². The highest BCUT2D eigenvalue weighted by Gasteiger charge is 2.23. The van der Waals surface area contributed by atoms with Gasteiger partial charge in [-0.3, -0.25) is 10.2 Å². The van der Waals surface area contributed by atoms with Gasteiger partial charge in [0.15, 0.2) is 5.13 Å². The van der Waals surface area contributed by atoms with E-state index in [1.165, 1.54) is 16.9 Å². The van der Waals surface area contributed by atoms with Crippen molar-refractivity contribution in [3.05, 3.63) is 46.8 Å². The Labute approximate surface area is 167 Å². The molecule has 0 atom stereocenters. The Morgan fingerprint density at radius 1 is 1.14 bits per heavy atom. The molecule has 9 heteroatoms. The van der Waals surface area contributed by atoms with Gasteiger partial charge in [0.25, 0.3) is 0 Å². The fraction of sp³-hybridized carbons (Fsp3) is 0.368. The number of thiazole rings is 1. The minimum absolute atomic E-state index is 0.103. The van der Waals surface area contributed by atoms with Crippen LogP contribution in [0.5, 0.6) is 0 Å². The molecule has 1 saturated heterocycles. The van der Waals surface area contributed by atoms with E-state index in [9.17, 15) is 4.79 Å². The average molecular weight is 398 g/mol. The first kappa shape index (κ1) is 18.6. The third-order valence-corrected chi connectivity index (χ3v) is 5.50. The number of piperazine rings is 1. The highest BCUT2D eigenvalue weighted by molar-refractivity contribution is 7.13. The number of carbonyl (C=O) groups excluding carboxylic acids is 1. The SMILES string of the molecule is Cc1ccc(-c2noc(CN3CCN(C(=O)Nc4nc(C)cs4)CC3)n2)cc1. The van der Waals surface area contributed by atoms with E-state index in [1.54, 1.807) is 4.90 Å². The molecule has 1 aromatic carbocycles. The Bertz CT molecular complexity index is 944. The van der Waals surface area contributed by atoms with Gasteiger partial charge in [-0.15, -0.1) is 11.3 Å². The molecular weight excluding hydrogens is 376 g/mol. The summed E-state index contributed by atoms with van der Waals surface area (Å²) in [5.74, 6) is 1.19. The molecule has 28 heavy (non-hydrogen) atoms. The van der Waals surface area contributed by atoms with Crippen molar-refractivity contribution in [2.45, 2.75) is 20.4 Å². The lowest BCUT2D eigenvalue weighted by Gasteiger charge is -2.33. The van der Waals surface area contributed by atoms with E-state index >= 15 is 0 Å². The van der Waals surface area contributed by atoms with Gasteiger partial charge >= 0.3 is 6.03 Å². The number of aryl methyl sites for hydroxylation is 2. The number of benzene rings is 1. The number of anilines is 1. The van der Waals surface area contributed by atoms with E-state index in [0.717, 1.165) is 24.3 Å². The third-order valence-electron chi connectivity index (χ3n) is 4.63. The van der Waals surface area contributed by atoms with Crippen LogP contribution in [0.2, 0.25) is 0 Å². The van der Waals surface area contributed by atoms with Crippen LogP contribution in [0.1, 0.15) is 17.1 Å². The Morgan fingerprint density at radius 2 is 1.89 bits per heavy atom. The number of hydrogen-bond acceptors (Lipinski definition) is 7. The lowest BCUT2D eigenvalue weighted by atomic mass is 10.1. The minimum Gasteiger partial charge on any atom is -0.338 e. The van der Waals surface area contributed by atoms with Crippen LogP contribution >= 0.6 is 11.3 Å². The van der Waals surface area contributed by atoms with Gasteiger partial charge in [0.1, 0.15) is 0 Å². The van der Waals surface area contributed by atoms with Crippen LogP contribution in [-0.4, -0.2) is 57.1 Å². The number of rotatable bonds is 4. The average Bonchev–Trinajstić information content (AvgIpc) is 3.32. The van der Waals surface area contributed by atoms with Gasteiger partial charge in [-0.2, -0.15) is 4.98 Å². The van der Waals surface area contributed by atoms with Gasteiger partial charge in [0.05, 0.1) is 12.2 Å². The maximum absolute atomic E-state index is 12.3. The third kappa shape index (κ3) is 4.37. The summed E-state index contributed by atoms with van der Waals surface area (Å²) < 4.78 is 5.41. The molecule has 0 unspecified atom stereocenters. The Hall–Kier alpha value is -2.78. The van der Waals surface area contributed by atoms with Gasteiger partial charge in [-0.05, 0) is 13.8 Å². The summed E-state index contributed by atoms with van der Waals surface area (Å²) in [6.07, 6.45) is 0. The number of urea groups is 1. The normalized spacial score (nSPS) is 15.0. The molecule has 3 aromatic rings. The quantitative estimate of drug-likeness (QED) is 0.726. The van der Waals surface area contributed by atoms with E-state index in [-0.39, 0.29) is 6.03 Å². The molecule has 1 aliphatic heterocycles. The molecule has 0 radical (unpaired) electrons. The summed E-state index contributed by atoms with van der Waals surface area (Å²) in [4.78, 5) is 25.1. The number of nitrogens with one attached hydrogen (secondary N) is 1. The molecule has 0 aliphatic carbocycles. The van der Waals surface area contributed by atoms with Crippen molar-refractivity contribution in [1.82, 2.24) is 24.9 Å². The van der Waals surface area contributed by atoms with Gasteiger partial charge in [0, 0.05) is 37.1 Å². The van der Waals surface area contributed by atoms with Crippen molar-refractivity contribution in [3.63, 3.8) is 0 Å². The number of aromatic nitrogens is 3. The van der Waals surface area contributed by atoms with E-state index in [1.807, 2.05) is 43.5 Å². The highest BCUT2D eigenvalue weighted by Crippen LogP contribution is 2.18. The first-order valence-corrected chi connectivity index (χ1v) is 10.0. The van der Waals surface area contributed by atoms with Gasteiger partial charge in [-0.25, -0.2) is 9.78 Å². The van der Waals surface area contributed by atoms with Crippen LogP contribution in [0.3, 0.4) is 0 Å². The first-order chi connectivity index (χ1) is 13.6. The van der Waals surface area contributed by atoms with Gasteiger partial charge in [0.2, 0.25) is 11.7 Å². The van der Waals surface area contributed by atoms with E-state index in [0.29, 0.717) is 36.5 Å². The molecule has 0 bridgehead atoms. The van der Waals surface area contributed by atoms with Crippen LogP contribution in [-0.2, 0) is 6.54 Å². The van der Waals surface area contributed by atoms with Crippen molar-refractivity contribution in [2.24, 2.45) is 0 Å². The topological polar surface area (TPSA) is 87.4 Å². The summed E-state index contributed by atoms with van der Waals surface area (Å²) in [5.41, 5.74) is 3.05. The van der Waals surface area contributed by atoms with Crippen molar-refractivity contribution < 1.29 is 9.32 Å². The van der Waals surface area contributed by atoms with Crippen molar-refractivity contribution in [3.8, 4) is 11.4 Å². The summed E-state index contributed by atoms with van der Waals surface area (Å²) in [6.45, 7) is 7.35. The van der Waals surface area contributed by atoms with Crippen LogP contribution < -0.4 is 5.32 Å². The molecule has 8 nitrogen and oxygen atoms in total. The minimum atomic E-state index is -0.103. The van der Waals surface area contributed by atoms with Crippen molar-refractivity contribution in [2.75, 3.05) is 31.5 Å². The van der Waals surface area contributed by atoms with Crippen LogP contribution in [0.4, 0.5) is 9.93 Å². The Morgan fingerprint density at radius 3 is 2.57 bits per heavy atom. The zero-order chi connectivity index (χ0) is 19.5. The first-order valence-electron chi connectivity index (χ1n) is 9.17. The molecule has 1 N–H and O–H groups in total. The second kappa shape index (κ2) is 8.07. The van der Waals surface area contributed by atoms with E-state index in [2.05, 4.69) is 25.3 Å². The molecule has 3 heterocycles. The summed E-state index contributed by atoms with van der Waals surface area (Å²) in [7, 11) is 0. The summed E-state index contributed by atoms with van der Waals surface area (Å²) in [6, 6.07) is 7.94. The maximum atomic E-state index is 12.3. The zero-order valence-corrected chi connectivity index (χ0v) is 16.7. The van der Waals surface area contributed by atoms with E-state index in [4.69, 9.17) is 4.52 Å². The largest absolute Gasteiger partial charge is 0.338 e. The molecule has 1 aliphatic rings. The maximum Gasteiger partial charge on any atom is 0.323 e. The van der Waals surface area contributed by atoms with Crippen LogP contribution in [0.25, 0.3) is 11.4 Å². The number of carbonyl (C=O) groups is 1. The second-order valence-electron chi connectivity index (χ2n) is 6.87. The summed E-state index contributed by atoms with van der Waals surface area (Å²) >= 11 is 1.44. The van der Waals surface area contributed by atoms with E-state index < -0.39 is 0 Å². The molecule has 0 spiro atoms. The highest BCUT2D eigenvalue weighted by atomic mass is 32.1. The number of hydrogen-bond donors (Lipinski definition) is 1. The Balaban J connectivity index is 1.28. The molecule has 0 saturated carbocycles. The van der Waals surface area contributed by atoms with Crippen molar-refractivity contribution in [1.29, 1.82) is 0 Å². The van der Waals surface area contributed by atoms with Gasteiger partial charge in [-0.1, -0.05) is 35.0 Å². The fourth-order valence-electron chi connectivity index (χ4n) is 3.02. The zero-order valence-electron chi connectivity index (χ0n) is 15.9. The molecule has 1 fully saturated rings. The second-order valence-corrected chi connectivity index (χ2v) is 7.72. The fourth-order valence-corrected chi connectivity index (χ4v) is 3.70. The molecule has 2 amide bonds. The molecule has 2 aromatic heterocycles. The monoisotopic (exact) mass is 398 g/mol. The molecule has 146 valence electrons. The van der Waals surface area contributed by atoms with Crippen molar-refractivity contribution >= 4 is 22.5 Å². The Kier molecular flexibility index (Phi) is 5.36. The molecular formula is C19H22N6O2S. The van der Waals surface area contributed by atoms with Crippen LogP contribution in [0, 0.1) is 13.8 Å². The predicted octanol–water partition coefficient (Wildman–Crippen LogP) is 3.16. The summed E-state index contributed by atoms with van der Waals surface area (Å²) in [5, 5.41) is 9.50. The van der Waals surface area contributed by atoms with Crippen LogP contribution in [0.15, 0.2) is 34.2 Å². The lowest BCUT2D eigenvalue weighted by Crippen LogP contribution is -2.49. The lowest BCUT2D eigenvalue weighted by molar-refractivity contribution is 0.133. The number of nitrogens with zero attached hydrogens (tertiary/aromatic N) is 5. The predicted molar refractivity (Wildman–Crippen MR) is 107 cm³/mol. The standard InChI is InChI=1S/C19H22N6O2S/c1-13-3-5-15(6-4-13)17-21-16(27-23-17)11-24-7-9-25(10-8-24)19(26)22-18-20-14(2)12-28-18/h3-6,12H,7-11H2,1-2H3,(H,20,22,26). The molecule has 4 rings (SSSR count).